The molecule has 0 atom stereocenters. The van der Waals surface area contributed by atoms with E-state index in [1.807, 2.05) is 24.3 Å². The summed E-state index contributed by atoms with van der Waals surface area (Å²) in [6.07, 6.45) is 1.95. The second-order valence-electron chi connectivity index (χ2n) is 4.39. The van der Waals surface area contributed by atoms with E-state index in [0.29, 0.717) is 26.2 Å². The summed E-state index contributed by atoms with van der Waals surface area (Å²) in [5.74, 6) is 0.865. The fraction of sp³-hybridized carbons (Fsp3) is 0.533. The molecule has 5 nitrogen and oxygen atoms in total. The molecule has 1 amide bonds. The van der Waals surface area contributed by atoms with Crippen LogP contribution in [0.25, 0.3) is 0 Å². The quantitative estimate of drug-likeness (QED) is 0.631. The molecular formula is C15H23NO4. The van der Waals surface area contributed by atoms with Gasteiger partial charge in [-0.3, -0.25) is 4.79 Å². The second-order valence-corrected chi connectivity index (χ2v) is 4.39. The first kappa shape index (κ1) is 16.5. The van der Waals surface area contributed by atoms with Crippen LogP contribution in [0.2, 0.25) is 0 Å². The standard InChI is InChI=1S/C15H23NO4/c1-19-14-6-3-13(4-7-14)5-8-15(18)16-9-2-11-20-12-10-17/h3-4,6-7,17H,2,5,8-12H2,1H3,(H,16,18). The van der Waals surface area contributed by atoms with Crippen LogP contribution in [0.15, 0.2) is 24.3 Å². The van der Waals surface area contributed by atoms with Crippen molar-refractivity contribution >= 4 is 5.91 Å². The van der Waals surface area contributed by atoms with Crippen molar-refractivity contribution < 1.29 is 19.4 Å². The Bertz CT molecular complexity index is 378. The van der Waals surface area contributed by atoms with Gasteiger partial charge in [0.05, 0.1) is 20.3 Å². The normalized spacial score (nSPS) is 10.3. The summed E-state index contributed by atoms with van der Waals surface area (Å²) in [6.45, 7) is 1.55. The number of hydrogen-bond acceptors (Lipinski definition) is 4. The molecule has 112 valence electrons. The van der Waals surface area contributed by atoms with Crippen LogP contribution in [-0.2, 0) is 16.0 Å². The van der Waals surface area contributed by atoms with Gasteiger partial charge in [-0.2, -0.15) is 0 Å². The van der Waals surface area contributed by atoms with Gasteiger partial charge in [0.2, 0.25) is 5.91 Å². The summed E-state index contributed by atoms with van der Waals surface area (Å²) in [4.78, 5) is 11.6. The van der Waals surface area contributed by atoms with E-state index < -0.39 is 0 Å². The Hall–Kier alpha value is -1.59. The summed E-state index contributed by atoms with van der Waals surface area (Å²) >= 11 is 0. The topological polar surface area (TPSA) is 67.8 Å². The van der Waals surface area contributed by atoms with Gasteiger partial charge in [0.25, 0.3) is 0 Å². The van der Waals surface area contributed by atoms with Gasteiger partial charge < -0.3 is 19.9 Å². The lowest BCUT2D eigenvalue weighted by Gasteiger charge is -2.06. The van der Waals surface area contributed by atoms with Gasteiger partial charge in [0, 0.05) is 19.6 Å². The molecular weight excluding hydrogens is 258 g/mol. The van der Waals surface area contributed by atoms with Gasteiger partial charge in [-0.1, -0.05) is 12.1 Å². The summed E-state index contributed by atoms with van der Waals surface area (Å²) < 4.78 is 10.2. The van der Waals surface area contributed by atoms with Crippen molar-refractivity contribution in [2.24, 2.45) is 0 Å². The predicted molar refractivity (Wildman–Crippen MR) is 76.8 cm³/mol. The first-order valence-electron chi connectivity index (χ1n) is 6.84. The lowest BCUT2D eigenvalue weighted by Crippen LogP contribution is -2.25. The van der Waals surface area contributed by atoms with Crippen molar-refractivity contribution in [2.45, 2.75) is 19.3 Å². The van der Waals surface area contributed by atoms with Crippen LogP contribution in [0.3, 0.4) is 0 Å². The summed E-state index contributed by atoms with van der Waals surface area (Å²) in [5.41, 5.74) is 1.12. The Morgan fingerprint density at radius 1 is 1.25 bits per heavy atom. The molecule has 0 saturated carbocycles. The van der Waals surface area contributed by atoms with Crippen LogP contribution < -0.4 is 10.1 Å². The molecule has 0 fully saturated rings. The Morgan fingerprint density at radius 3 is 2.65 bits per heavy atom. The number of carbonyl (C=O) groups excluding carboxylic acids is 1. The largest absolute Gasteiger partial charge is 0.497 e. The zero-order valence-electron chi connectivity index (χ0n) is 11.9. The molecule has 20 heavy (non-hydrogen) atoms. The van der Waals surface area contributed by atoms with E-state index in [-0.39, 0.29) is 12.5 Å². The molecule has 0 aliphatic carbocycles. The van der Waals surface area contributed by atoms with Gasteiger partial charge in [-0.05, 0) is 30.5 Å². The number of amides is 1. The molecule has 0 aliphatic rings. The Balaban J connectivity index is 2.10. The number of hydrogen-bond donors (Lipinski definition) is 2. The number of ether oxygens (including phenoxy) is 2. The third kappa shape index (κ3) is 7.11. The highest BCUT2D eigenvalue weighted by Gasteiger charge is 2.02. The van der Waals surface area contributed by atoms with Crippen molar-refractivity contribution in [3.63, 3.8) is 0 Å². The minimum Gasteiger partial charge on any atom is -0.497 e. The highest BCUT2D eigenvalue weighted by Crippen LogP contribution is 2.12. The fourth-order valence-corrected chi connectivity index (χ4v) is 1.71. The molecule has 0 heterocycles. The van der Waals surface area contributed by atoms with Crippen molar-refractivity contribution in [2.75, 3.05) is 33.5 Å². The van der Waals surface area contributed by atoms with Crippen LogP contribution in [0, 0.1) is 0 Å². The van der Waals surface area contributed by atoms with E-state index in [1.54, 1.807) is 7.11 Å². The van der Waals surface area contributed by atoms with Crippen LogP contribution in [-0.4, -0.2) is 44.5 Å². The minimum atomic E-state index is 0.0359. The molecule has 0 unspecified atom stereocenters. The van der Waals surface area contributed by atoms with E-state index >= 15 is 0 Å². The highest BCUT2D eigenvalue weighted by molar-refractivity contribution is 5.76. The van der Waals surface area contributed by atoms with Crippen molar-refractivity contribution in [1.29, 1.82) is 0 Å². The average Bonchev–Trinajstić information content (AvgIpc) is 2.49. The van der Waals surface area contributed by atoms with Gasteiger partial charge in [-0.15, -0.1) is 0 Å². The van der Waals surface area contributed by atoms with E-state index in [0.717, 1.165) is 24.2 Å². The molecule has 0 radical (unpaired) electrons. The van der Waals surface area contributed by atoms with E-state index in [2.05, 4.69) is 5.32 Å². The summed E-state index contributed by atoms with van der Waals surface area (Å²) in [7, 11) is 1.63. The van der Waals surface area contributed by atoms with Crippen LogP contribution >= 0.6 is 0 Å². The Kier molecular flexibility index (Phi) is 8.42. The van der Waals surface area contributed by atoms with Gasteiger partial charge in [0.1, 0.15) is 5.75 Å². The predicted octanol–water partition coefficient (Wildman–Crippen LogP) is 1.14. The first-order valence-corrected chi connectivity index (χ1v) is 6.84. The molecule has 2 N–H and O–H groups in total. The van der Waals surface area contributed by atoms with Crippen LogP contribution in [0.1, 0.15) is 18.4 Å². The zero-order valence-corrected chi connectivity index (χ0v) is 11.9. The van der Waals surface area contributed by atoms with Crippen molar-refractivity contribution in [1.82, 2.24) is 5.32 Å². The van der Waals surface area contributed by atoms with Crippen LogP contribution in [0.5, 0.6) is 5.75 Å². The molecule has 0 aromatic heterocycles. The number of carbonyl (C=O) groups is 1. The summed E-state index contributed by atoms with van der Waals surface area (Å²) in [5, 5.41) is 11.4. The number of aliphatic hydroxyl groups is 1. The molecule has 0 saturated heterocycles. The highest BCUT2D eigenvalue weighted by atomic mass is 16.5. The average molecular weight is 281 g/mol. The molecule has 1 rings (SSSR count). The molecule has 0 spiro atoms. The number of rotatable bonds is 10. The smallest absolute Gasteiger partial charge is 0.220 e. The van der Waals surface area contributed by atoms with Gasteiger partial charge in [-0.25, -0.2) is 0 Å². The zero-order chi connectivity index (χ0) is 14.6. The Morgan fingerprint density at radius 2 is 2.00 bits per heavy atom. The third-order valence-electron chi connectivity index (χ3n) is 2.82. The second kappa shape index (κ2) is 10.2. The van der Waals surface area contributed by atoms with Gasteiger partial charge >= 0.3 is 0 Å². The Labute approximate surface area is 119 Å². The fourth-order valence-electron chi connectivity index (χ4n) is 1.71. The third-order valence-corrected chi connectivity index (χ3v) is 2.82. The number of aryl methyl sites for hydroxylation is 1. The van der Waals surface area contributed by atoms with Crippen molar-refractivity contribution in [3.05, 3.63) is 29.8 Å². The molecule has 1 aromatic rings. The number of methoxy groups -OCH3 is 1. The maximum Gasteiger partial charge on any atom is 0.220 e. The van der Waals surface area contributed by atoms with Crippen molar-refractivity contribution in [3.8, 4) is 5.75 Å². The number of nitrogens with one attached hydrogen (secondary N) is 1. The minimum absolute atomic E-state index is 0.0359. The molecule has 5 heteroatoms. The first-order chi connectivity index (χ1) is 9.76. The van der Waals surface area contributed by atoms with E-state index in [1.165, 1.54) is 0 Å². The molecule has 1 aromatic carbocycles. The maximum absolute atomic E-state index is 11.6. The van der Waals surface area contributed by atoms with Crippen LogP contribution in [0.4, 0.5) is 0 Å². The lowest BCUT2D eigenvalue weighted by molar-refractivity contribution is -0.121. The van der Waals surface area contributed by atoms with Gasteiger partial charge in [0.15, 0.2) is 0 Å². The SMILES string of the molecule is COc1ccc(CCC(=O)NCCCOCCO)cc1. The molecule has 0 aliphatic heterocycles. The van der Waals surface area contributed by atoms with E-state index in [4.69, 9.17) is 14.6 Å². The number of aliphatic hydroxyl groups excluding tert-OH is 1. The number of benzene rings is 1. The van der Waals surface area contributed by atoms with E-state index in [9.17, 15) is 4.79 Å². The molecule has 0 bridgehead atoms. The monoisotopic (exact) mass is 281 g/mol. The maximum atomic E-state index is 11.6. The lowest BCUT2D eigenvalue weighted by atomic mass is 10.1. The summed E-state index contributed by atoms with van der Waals surface area (Å²) in [6, 6.07) is 7.72.